The van der Waals surface area contributed by atoms with Crippen LogP contribution in [-0.4, -0.2) is 29.3 Å². The second-order valence-electron chi connectivity index (χ2n) is 7.11. The van der Waals surface area contributed by atoms with Crippen molar-refractivity contribution in [1.29, 1.82) is 0 Å². The fourth-order valence-electron chi connectivity index (χ4n) is 3.34. The van der Waals surface area contributed by atoms with Crippen molar-refractivity contribution in [3.8, 4) is 0 Å². The molecular formula is C21H19Cl2F3N2O2. The molecule has 0 saturated carbocycles. The van der Waals surface area contributed by atoms with Gasteiger partial charge < -0.3 is 10.2 Å². The van der Waals surface area contributed by atoms with Gasteiger partial charge in [-0.3, -0.25) is 9.59 Å². The summed E-state index contributed by atoms with van der Waals surface area (Å²) in [6.45, 7) is 0.454. The van der Waals surface area contributed by atoms with Crippen LogP contribution in [0.25, 0.3) is 0 Å². The average Bonchev–Trinajstić information content (AvgIpc) is 2.86. The lowest BCUT2D eigenvalue weighted by atomic mass is 10.1. The molecule has 0 aliphatic carbocycles. The third-order valence-corrected chi connectivity index (χ3v) is 5.63. The molecule has 0 spiro atoms. The van der Waals surface area contributed by atoms with E-state index in [1.165, 1.54) is 29.2 Å². The van der Waals surface area contributed by atoms with Crippen molar-refractivity contribution in [3.63, 3.8) is 0 Å². The topological polar surface area (TPSA) is 49.4 Å². The van der Waals surface area contributed by atoms with Crippen molar-refractivity contribution < 1.29 is 22.8 Å². The van der Waals surface area contributed by atoms with Gasteiger partial charge in [0.05, 0.1) is 15.6 Å². The highest BCUT2D eigenvalue weighted by molar-refractivity contribution is 6.42. The van der Waals surface area contributed by atoms with Crippen LogP contribution in [0.4, 0.5) is 13.2 Å². The summed E-state index contributed by atoms with van der Waals surface area (Å²) in [4.78, 5) is 27.0. The standard InChI is InChI=1S/C21H19Cl2F3N2O2/c22-16-8-7-14(11-17(16)23)19(29)27-18-6-1-2-9-28(20(18)30)12-13-4-3-5-15(10-13)21(24,25)26/h3-5,7-8,10-11,18H,1-2,6,9,12H2,(H,27,29). The summed E-state index contributed by atoms with van der Waals surface area (Å²) in [5, 5.41) is 3.25. The van der Waals surface area contributed by atoms with Gasteiger partial charge in [-0.1, -0.05) is 35.3 Å². The van der Waals surface area contributed by atoms with Crippen molar-refractivity contribution in [1.82, 2.24) is 10.2 Å². The average molecular weight is 459 g/mol. The molecule has 0 aromatic heterocycles. The van der Waals surface area contributed by atoms with Crippen molar-refractivity contribution in [3.05, 3.63) is 69.2 Å². The highest BCUT2D eigenvalue weighted by Gasteiger charge is 2.32. The number of halogens is 5. The Hall–Kier alpha value is -2.25. The number of benzene rings is 2. The minimum absolute atomic E-state index is 0.0435. The van der Waals surface area contributed by atoms with Crippen LogP contribution in [0.1, 0.15) is 40.7 Å². The van der Waals surface area contributed by atoms with E-state index in [0.717, 1.165) is 12.1 Å². The molecule has 160 valence electrons. The van der Waals surface area contributed by atoms with E-state index in [9.17, 15) is 22.8 Å². The first-order chi connectivity index (χ1) is 14.1. The predicted octanol–water partition coefficient (Wildman–Crippen LogP) is 5.32. The molecule has 1 N–H and O–H groups in total. The highest BCUT2D eigenvalue weighted by atomic mass is 35.5. The number of likely N-dealkylation sites (tertiary alicyclic amines) is 1. The molecule has 1 aliphatic heterocycles. The van der Waals surface area contributed by atoms with Crippen molar-refractivity contribution in [2.75, 3.05) is 6.54 Å². The fourth-order valence-corrected chi connectivity index (χ4v) is 3.64. The third kappa shape index (κ3) is 5.46. The summed E-state index contributed by atoms with van der Waals surface area (Å²) in [6.07, 6.45) is -2.60. The fraction of sp³-hybridized carbons (Fsp3) is 0.333. The van der Waals surface area contributed by atoms with Crippen molar-refractivity contribution >= 4 is 35.0 Å². The van der Waals surface area contributed by atoms with Gasteiger partial charge in [0.1, 0.15) is 6.04 Å². The number of carbonyl (C=O) groups excluding carboxylic acids is 2. The molecular weight excluding hydrogens is 440 g/mol. The minimum Gasteiger partial charge on any atom is -0.340 e. The van der Waals surface area contributed by atoms with Crippen molar-refractivity contribution in [2.24, 2.45) is 0 Å². The van der Waals surface area contributed by atoms with E-state index in [1.54, 1.807) is 6.07 Å². The Morgan fingerprint density at radius 1 is 1.10 bits per heavy atom. The van der Waals surface area contributed by atoms with E-state index in [1.807, 2.05) is 0 Å². The van der Waals surface area contributed by atoms with E-state index < -0.39 is 23.7 Å². The van der Waals surface area contributed by atoms with Gasteiger partial charge >= 0.3 is 6.18 Å². The van der Waals surface area contributed by atoms with E-state index >= 15 is 0 Å². The maximum atomic E-state index is 13.0. The second kappa shape index (κ2) is 9.27. The SMILES string of the molecule is O=C(NC1CCCCN(Cc2cccc(C(F)(F)F)c2)C1=O)c1ccc(Cl)c(Cl)c1. The van der Waals surface area contributed by atoms with Gasteiger partial charge in [0.25, 0.3) is 5.91 Å². The molecule has 1 atom stereocenters. The predicted molar refractivity (Wildman–Crippen MR) is 108 cm³/mol. The first-order valence-corrected chi connectivity index (χ1v) is 10.1. The molecule has 9 heteroatoms. The number of nitrogens with one attached hydrogen (secondary N) is 1. The lowest BCUT2D eigenvalue weighted by Crippen LogP contribution is -2.47. The Labute approximate surface area is 182 Å². The number of amides is 2. The second-order valence-corrected chi connectivity index (χ2v) is 7.92. The molecule has 1 fully saturated rings. The van der Waals surface area contributed by atoms with Gasteiger partial charge in [-0.25, -0.2) is 0 Å². The molecule has 2 aromatic carbocycles. The number of rotatable bonds is 4. The molecule has 2 amide bonds. The van der Waals surface area contributed by atoms with Gasteiger partial charge in [-0.2, -0.15) is 13.2 Å². The summed E-state index contributed by atoms with van der Waals surface area (Å²) in [5.41, 5.74) is -0.104. The van der Waals surface area contributed by atoms with Gasteiger partial charge in [0, 0.05) is 18.7 Å². The zero-order valence-corrected chi connectivity index (χ0v) is 17.3. The zero-order valence-electron chi connectivity index (χ0n) is 15.8. The number of hydrogen-bond acceptors (Lipinski definition) is 2. The molecule has 1 heterocycles. The summed E-state index contributed by atoms with van der Waals surface area (Å²) in [7, 11) is 0. The van der Waals surface area contributed by atoms with Crippen LogP contribution in [0.3, 0.4) is 0 Å². The van der Waals surface area contributed by atoms with Gasteiger partial charge in [-0.05, 0) is 55.2 Å². The van der Waals surface area contributed by atoms with Crippen LogP contribution in [-0.2, 0) is 17.5 Å². The lowest BCUT2D eigenvalue weighted by molar-refractivity contribution is -0.137. The largest absolute Gasteiger partial charge is 0.416 e. The Kier molecular flexibility index (Phi) is 6.93. The zero-order chi connectivity index (χ0) is 21.9. The van der Waals surface area contributed by atoms with E-state index in [2.05, 4.69) is 5.32 Å². The minimum atomic E-state index is -4.45. The van der Waals surface area contributed by atoms with Crippen molar-refractivity contribution in [2.45, 2.75) is 38.0 Å². The number of nitrogens with zero attached hydrogens (tertiary/aromatic N) is 1. The monoisotopic (exact) mass is 458 g/mol. The van der Waals surface area contributed by atoms with E-state index in [-0.39, 0.29) is 23.0 Å². The molecule has 2 aromatic rings. The van der Waals surface area contributed by atoms with Crippen LogP contribution in [0, 0.1) is 0 Å². The molecule has 1 saturated heterocycles. The molecule has 0 radical (unpaired) electrons. The van der Waals surface area contributed by atoms with Gasteiger partial charge in [-0.15, -0.1) is 0 Å². The molecule has 1 aliphatic rings. The number of carbonyl (C=O) groups is 2. The lowest BCUT2D eigenvalue weighted by Gasteiger charge is -2.25. The molecule has 1 unspecified atom stereocenters. The summed E-state index contributed by atoms with van der Waals surface area (Å²) >= 11 is 11.8. The van der Waals surface area contributed by atoms with Gasteiger partial charge in [0.2, 0.25) is 5.91 Å². The Morgan fingerprint density at radius 2 is 1.87 bits per heavy atom. The molecule has 3 rings (SSSR count). The number of alkyl halides is 3. The van der Waals surface area contributed by atoms with Crippen LogP contribution in [0.15, 0.2) is 42.5 Å². The summed E-state index contributed by atoms with van der Waals surface area (Å²) < 4.78 is 38.9. The number of hydrogen-bond donors (Lipinski definition) is 1. The maximum absolute atomic E-state index is 13.0. The normalized spacial score (nSPS) is 17.6. The quantitative estimate of drug-likeness (QED) is 0.673. The summed E-state index contributed by atoms with van der Waals surface area (Å²) in [6, 6.07) is 8.57. The van der Waals surface area contributed by atoms with E-state index in [0.29, 0.717) is 36.4 Å². The van der Waals surface area contributed by atoms with E-state index in [4.69, 9.17) is 23.2 Å². The van der Waals surface area contributed by atoms with Gasteiger partial charge in [0.15, 0.2) is 0 Å². The first-order valence-electron chi connectivity index (χ1n) is 9.36. The molecule has 30 heavy (non-hydrogen) atoms. The van der Waals surface area contributed by atoms with Crippen LogP contribution < -0.4 is 5.32 Å². The summed E-state index contributed by atoms with van der Waals surface area (Å²) in [5.74, 6) is -0.786. The third-order valence-electron chi connectivity index (χ3n) is 4.90. The Morgan fingerprint density at radius 3 is 2.57 bits per heavy atom. The highest BCUT2D eigenvalue weighted by Crippen LogP contribution is 2.30. The molecule has 0 bridgehead atoms. The van der Waals surface area contributed by atoms with Crippen LogP contribution >= 0.6 is 23.2 Å². The smallest absolute Gasteiger partial charge is 0.340 e. The first kappa shape index (κ1) is 22.4. The Bertz CT molecular complexity index is 950. The maximum Gasteiger partial charge on any atom is 0.416 e. The van der Waals surface area contributed by atoms with Crippen LogP contribution in [0.5, 0.6) is 0 Å². The Balaban J connectivity index is 1.73. The molecule has 4 nitrogen and oxygen atoms in total. The van der Waals surface area contributed by atoms with Crippen LogP contribution in [0.2, 0.25) is 10.0 Å².